The van der Waals surface area contributed by atoms with Gasteiger partial charge < -0.3 is 14.8 Å². The second kappa shape index (κ2) is 14.4. The van der Waals surface area contributed by atoms with Crippen LogP contribution in [0.5, 0.6) is 23.0 Å². The molecule has 1 N–H and O–H groups in total. The third-order valence-corrected chi connectivity index (χ3v) is 10.3. The lowest BCUT2D eigenvalue weighted by Gasteiger charge is -2.26. The zero-order chi connectivity index (χ0) is 37.3. The molecule has 266 valence electrons. The number of aromatic nitrogens is 1. The van der Waals surface area contributed by atoms with Crippen molar-refractivity contribution in [2.75, 3.05) is 0 Å². The van der Waals surface area contributed by atoms with Crippen molar-refractivity contribution >= 4 is 11.5 Å². The quantitative estimate of drug-likeness (QED) is 0.178. The monoisotopic (exact) mass is 721 g/mol. The van der Waals surface area contributed by atoms with Crippen LogP contribution < -0.4 is 14.8 Å². The average molecular weight is 722 g/mol. The summed E-state index contributed by atoms with van der Waals surface area (Å²) >= 11 is 0. The fraction of sp³-hybridized carbons (Fsp3) is 0.0196. The molecular formula is C51H35N3O2. The maximum absolute atomic E-state index is 6.35. The maximum atomic E-state index is 6.35. The summed E-state index contributed by atoms with van der Waals surface area (Å²) in [4.78, 5) is 9.52. The highest BCUT2D eigenvalue weighted by molar-refractivity contribution is 6.03. The largest absolute Gasteiger partial charge is 0.450 e. The van der Waals surface area contributed by atoms with Gasteiger partial charge >= 0.3 is 0 Å². The van der Waals surface area contributed by atoms with Crippen molar-refractivity contribution in [1.82, 2.24) is 10.3 Å². The van der Waals surface area contributed by atoms with Gasteiger partial charge in [-0.2, -0.15) is 0 Å². The van der Waals surface area contributed by atoms with Gasteiger partial charge in [0.15, 0.2) is 23.0 Å². The molecule has 56 heavy (non-hydrogen) atoms. The Bertz CT molecular complexity index is 2740. The molecule has 0 radical (unpaired) electrons. The van der Waals surface area contributed by atoms with Gasteiger partial charge in [-0.1, -0.05) is 133 Å². The minimum absolute atomic E-state index is 0.177. The molecule has 5 nitrogen and oxygen atoms in total. The average Bonchev–Trinajstić information content (AvgIpc) is 3.29. The highest BCUT2D eigenvalue weighted by Crippen LogP contribution is 2.47. The first kappa shape index (κ1) is 33.1. The summed E-state index contributed by atoms with van der Waals surface area (Å²) in [5.74, 6) is 3.62. The van der Waals surface area contributed by atoms with Crippen LogP contribution >= 0.6 is 0 Å². The van der Waals surface area contributed by atoms with Crippen molar-refractivity contribution in [2.24, 2.45) is 4.99 Å². The Balaban J connectivity index is 1.08. The molecule has 0 saturated heterocycles. The Morgan fingerprint density at radius 1 is 0.393 bits per heavy atom. The molecule has 7 aromatic carbocycles. The van der Waals surface area contributed by atoms with Crippen LogP contribution in [0.3, 0.4) is 0 Å². The van der Waals surface area contributed by atoms with E-state index >= 15 is 0 Å². The van der Waals surface area contributed by atoms with Crippen LogP contribution in [0.25, 0.3) is 50.2 Å². The molecule has 1 unspecified atom stereocenters. The molecule has 3 heterocycles. The minimum atomic E-state index is -0.177. The number of nitrogens with one attached hydrogen (secondary N) is 1. The lowest BCUT2D eigenvalue weighted by atomic mass is 9.91. The van der Waals surface area contributed by atoms with Crippen LogP contribution in [0.4, 0.5) is 0 Å². The normalized spacial score (nSPS) is 14.2. The Morgan fingerprint density at radius 3 is 1.59 bits per heavy atom. The van der Waals surface area contributed by atoms with Gasteiger partial charge in [0, 0.05) is 18.0 Å². The van der Waals surface area contributed by atoms with Crippen LogP contribution in [-0.2, 0) is 0 Å². The number of pyridine rings is 1. The molecule has 1 atom stereocenters. The number of aliphatic imine (C=N–C) groups is 1. The number of amidine groups is 1. The second-order valence-corrected chi connectivity index (χ2v) is 13.9. The van der Waals surface area contributed by atoms with Crippen LogP contribution in [0.1, 0.15) is 22.7 Å². The highest BCUT2D eigenvalue weighted by Gasteiger charge is 2.23. The Labute approximate surface area is 325 Å². The Kier molecular flexibility index (Phi) is 8.50. The molecule has 0 fully saturated rings. The number of para-hydroxylation sites is 2. The van der Waals surface area contributed by atoms with Crippen molar-refractivity contribution < 1.29 is 9.47 Å². The zero-order valence-corrected chi connectivity index (χ0v) is 30.3. The maximum Gasteiger partial charge on any atom is 0.170 e. The molecule has 0 amide bonds. The zero-order valence-electron chi connectivity index (χ0n) is 30.3. The summed E-state index contributed by atoms with van der Waals surface area (Å²) in [5.41, 5.74) is 13.0. The van der Waals surface area contributed by atoms with Crippen molar-refractivity contribution in [1.29, 1.82) is 0 Å². The Morgan fingerprint density at radius 2 is 0.911 bits per heavy atom. The topological polar surface area (TPSA) is 55.7 Å². The number of benzene rings is 7. The van der Waals surface area contributed by atoms with E-state index in [-0.39, 0.29) is 6.04 Å². The van der Waals surface area contributed by atoms with Crippen molar-refractivity contribution in [2.45, 2.75) is 6.04 Å². The third kappa shape index (κ3) is 6.63. The van der Waals surface area contributed by atoms with Crippen LogP contribution in [0.15, 0.2) is 205 Å². The lowest BCUT2D eigenvalue weighted by molar-refractivity contribution is 0.360. The predicted molar refractivity (Wildman–Crippen MR) is 226 cm³/mol. The van der Waals surface area contributed by atoms with Crippen LogP contribution in [0, 0.1) is 0 Å². The fourth-order valence-corrected chi connectivity index (χ4v) is 7.35. The van der Waals surface area contributed by atoms with E-state index in [0.29, 0.717) is 23.0 Å². The van der Waals surface area contributed by atoms with Gasteiger partial charge in [-0.25, -0.2) is 4.99 Å². The van der Waals surface area contributed by atoms with E-state index < -0.39 is 0 Å². The van der Waals surface area contributed by atoms with Gasteiger partial charge in [-0.05, 0) is 110 Å². The van der Waals surface area contributed by atoms with Gasteiger partial charge in [0.2, 0.25) is 0 Å². The molecule has 2 aliphatic heterocycles. The summed E-state index contributed by atoms with van der Waals surface area (Å²) in [6.07, 6.45) is 5.93. The van der Waals surface area contributed by atoms with Crippen molar-refractivity contribution in [3.63, 3.8) is 0 Å². The molecule has 0 saturated carbocycles. The molecule has 0 bridgehead atoms. The van der Waals surface area contributed by atoms with Crippen LogP contribution in [0.2, 0.25) is 0 Å². The molecule has 10 rings (SSSR count). The summed E-state index contributed by atoms with van der Waals surface area (Å²) in [5, 5.41) is 3.79. The lowest BCUT2D eigenvalue weighted by Crippen LogP contribution is -2.31. The SMILES string of the molecule is C1=C(c2ccc(-c3ccccc3)cc2)N=C(c2ccccc2)NC1c1cc(-c2ccc(-c3cccnc3)cc2)cc(-c2ccc3c(c2)Oc2ccccc2O3)c1. The molecule has 5 heteroatoms. The van der Waals surface area contributed by atoms with Crippen molar-refractivity contribution in [3.8, 4) is 67.5 Å². The van der Waals surface area contributed by atoms with E-state index in [1.807, 2.05) is 54.7 Å². The van der Waals surface area contributed by atoms with Crippen molar-refractivity contribution in [3.05, 3.63) is 217 Å². The fourth-order valence-electron chi connectivity index (χ4n) is 7.35. The molecule has 8 aromatic rings. The van der Waals surface area contributed by atoms with E-state index in [2.05, 4.69) is 150 Å². The van der Waals surface area contributed by atoms with E-state index in [1.54, 1.807) is 6.20 Å². The number of nitrogens with zero attached hydrogens (tertiary/aromatic N) is 2. The molecular weight excluding hydrogens is 687 g/mol. The number of hydrogen-bond donors (Lipinski definition) is 1. The van der Waals surface area contributed by atoms with Gasteiger partial charge in [-0.15, -0.1) is 0 Å². The van der Waals surface area contributed by atoms with E-state index in [4.69, 9.17) is 14.5 Å². The smallest absolute Gasteiger partial charge is 0.170 e. The van der Waals surface area contributed by atoms with E-state index in [1.165, 1.54) is 11.1 Å². The first-order valence-electron chi connectivity index (χ1n) is 18.7. The molecule has 0 aliphatic carbocycles. The summed E-state index contributed by atoms with van der Waals surface area (Å²) in [7, 11) is 0. The predicted octanol–water partition coefficient (Wildman–Crippen LogP) is 12.8. The minimum Gasteiger partial charge on any atom is -0.450 e. The summed E-state index contributed by atoms with van der Waals surface area (Å²) in [6, 6.07) is 62.8. The third-order valence-electron chi connectivity index (χ3n) is 10.3. The van der Waals surface area contributed by atoms with Gasteiger partial charge in [-0.3, -0.25) is 4.98 Å². The number of ether oxygens (including phenoxy) is 2. The molecule has 1 aromatic heterocycles. The summed E-state index contributed by atoms with van der Waals surface area (Å²) in [6.45, 7) is 0. The van der Waals surface area contributed by atoms with Gasteiger partial charge in [0.25, 0.3) is 0 Å². The standard InChI is InChI=1S/C51H35N3O2/c1-3-10-34(11-4-1)35-21-23-38(24-22-35)45-32-46(54-51(53-45)39-12-5-2-6-13-39)44-29-42(37-19-17-36(18-20-37)41-14-9-27-52-33-41)28-43(30-44)40-25-26-49-50(31-40)56-48-16-8-7-15-47(48)55-49/h1-33,46H,(H,53,54). The van der Waals surface area contributed by atoms with Gasteiger partial charge in [0.1, 0.15) is 5.84 Å². The van der Waals surface area contributed by atoms with Crippen LogP contribution in [-0.4, -0.2) is 10.8 Å². The Hall–Kier alpha value is -7.50. The van der Waals surface area contributed by atoms with E-state index in [9.17, 15) is 0 Å². The highest BCUT2D eigenvalue weighted by atomic mass is 16.6. The molecule has 2 aliphatic rings. The van der Waals surface area contributed by atoms with Gasteiger partial charge in [0.05, 0.1) is 11.7 Å². The summed E-state index contributed by atoms with van der Waals surface area (Å²) < 4.78 is 12.6. The first-order valence-corrected chi connectivity index (χ1v) is 18.7. The second-order valence-electron chi connectivity index (χ2n) is 13.9. The number of rotatable bonds is 7. The van der Waals surface area contributed by atoms with E-state index in [0.717, 1.165) is 61.6 Å². The number of hydrogen-bond acceptors (Lipinski definition) is 5. The number of fused-ring (bicyclic) bond motifs is 2. The molecule has 0 spiro atoms. The first-order chi connectivity index (χ1) is 27.7.